The third-order valence-corrected chi connectivity index (χ3v) is 8.69. The van der Waals surface area contributed by atoms with Gasteiger partial charge in [0.25, 0.3) is 0 Å². The molecule has 1 atom stereocenters. The topological polar surface area (TPSA) is 51.5 Å². The molecular formula is C35H37FN2O3. The summed E-state index contributed by atoms with van der Waals surface area (Å²) in [5, 5.41) is 0.833. The molecule has 0 unspecified atom stereocenters. The molecule has 0 saturated heterocycles. The van der Waals surface area contributed by atoms with Crippen LogP contribution in [0.15, 0.2) is 78.9 Å². The maximum absolute atomic E-state index is 14.5. The highest BCUT2D eigenvalue weighted by Crippen LogP contribution is 2.38. The van der Waals surface area contributed by atoms with Crippen molar-refractivity contribution in [3.8, 4) is 0 Å². The molecule has 0 spiro atoms. The third kappa shape index (κ3) is 5.92. The second-order valence-corrected chi connectivity index (χ2v) is 11.4. The van der Waals surface area contributed by atoms with Crippen molar-refractivity contribution in [3.63, 3.8) is 0 Å². The van der Waals surface area contributed by atoms with Gasteiger partial charge in [0.05, 0.1) is 6.61 Å². The third-order valence-electron chi connectivity index (χ3n) is 8.69. The zero-order valence-electron chi connectivity index (χ0n) is 23.6. The van der Waals surface area contributed by atoms with Crippen molar-refractivity contribution in [3.05, 3.63) is 107 Å². The van der Waals surface area contributed by atoms with Crippen molar-refractivity contribution >= 4 is 22.8 Å². The van der Waals surface area contributed by atoms with Gasteiger partial charge in [-0.05, 0) is 79.8 Å². The van der Waals surface area contributed by atoms with Crippen LogP contribution in [-0.4, -0.2) is 40.5 Å². The summed E-state index contributed by atoms with van der Waals surface area (Å²) in [5.41, 5.74) is 5.23. The summed E-state index contributed by atoms with van der Waals surface area (Å²) in [6, 6.07) is 25.4. The molecule has 4 aromatic rings. The zero-order chi connectivity index (χ0) is 28.3. The van der Waals surface area contributed by atoms with E-state index in [4.69, 9.17) is 4.74 Å². The van der Waals surface area contributed by atoms with Gasteiger partial charge in [-0.1, -0.05) is 60.7 Å². The molecule has 2 aliphatic carbocycles. The summed E-state index contributed by atoms with van der Waals surface area (Å²) < 4.78 is 21.7. The second-order valence-electron chi connectivity index (χ2n) is 11.4. The Morgan fingerprint density at radius 2 is 1.66 bits per heavy atom. The van der Waals surface area contributed by atoms with Gasteiger partial charge in [-0.3, -0.25) is 9.59 Å². The minimum absolute atomic E-state index is 0.0219. The molecule has 1 amide bonds. The van der Waals surface area contributed by atoms with Crippen LogP contribution in [0.5, 0.6) is 0 Å². The smallest absolute Gasteiger partial charge is 0.325 e. The molecule has 1 heterocycles. The average molecular weight is 553 g/mol. The maximum Gasteiger partial charge on any atom is 0.325 e. The van der Waals surface area contributed by atoms with E-state index in [1.165, 1.54) is 6.07 Å². The van der Waals surface area contributed by atoms with E-state index in [9.17, 15) is 14.0 Å². The molecular weight excluding hydrogens is 515 g/mol. The number of carbonyl (C=O) groups excluding carboxylic acids is 2. The second kappa shape index (κ2) is 11.9. The van der Waals surface area contributed by atoms with Crippen LogP contribution >= 0.6 is 0 Å². The molecule has 41 heavy (non-hydrogen) atoms. The first-order chi connectivity index (χ1) is 20.0. The predicted molar refractivity (Wildman–Crippen MR) is 158 cm³/mol. The molecule has 1 fully saturated rings. The molecule has 0 radical (unpaired) electrons. The van der Waals surface area contributed by atoms with E-state index in [1.807, 2.05) is 41.0 Å². The van der Waals surface area contributed by atoms with Crippen LogP contribution in [0.3, 0.4) is 0 Å². The minimum Gasteiger partial charge on any atom is -0.465 e. The van der Waals surface area contributed by atoms with Gasteiger partial charge < -0.3 is 14.2 Å². The fraction of sp³-hybridized carbons (Fsp3) is 0.371. The Balaban J connectivity index is 1.31. The quantitative estimate of drug-likeness (QED) is 0.207. The fourth-order valence-electron chi connectivity index (χ4n) is 6.51. The van der Waals surface area contributed by atoms with Gasteiger partial charge in [0.1, 0.15) is 12.4 Å². The number of esters is 1. The number of fused-ring (bicyclic) bond motifs is 3. The molecule has 3 aromatic carbocycles. The highest BCUT2D eigenvalue weighted by Gasteiger charge is 2.36. The first-order valence-electron chi connectivity index (χ1n) is 14.9. The van der Waals surface area contributed by atoms with E-state index < -0.39 is 0 Å². The monoisotopic (exact) mass is 552 g/mol. The van der Waals surface area contributed by atoms with Crippen LogP contribution in [0.4, 0.5) is 4.39 Å². The van der Waals surface area contributed by atoms with E-state index in [2.05, 4.69) is 29.2 Å². The number of carbonyl (C=O) groups is 2. The highest BCUT2D eigenvalue weighted by molar-refractivity contribution is 5.88. The maximum atomic E-state index is 14.5. The fourth-order valence-corrected chi connectivity index (χ4v) is 6.51. The largest absolute Gasteiger partial charge is 0.465 e. The molecule has 0 bridgehead atoms. The van der Waals surface area contributed by atoms with Gasteiger partial charge in [0.2, 0.25) is 5.91 Å². The van der Waals surface area contributed by atoms with Gasteiger partial charge in [-0.25, -0.2) is 4.39 Å². The van der Waals surface area contributed by atoms with Gasteiger partial charge in [0, 0.05) is 41.5 Å². The first kappa shape index (κ1) is 27.3. The molecule has 2 aliphatic rings. The summed E-state index contributed by atoms with van der Waals surface area (Å²) in [6.07, 6.45) is 4.92. The van der Waals surface area contributed by atoms with Crippen molar-refractivity contribution in [2.24, 2.45) is 5.92 Å². The molecule has 5 nitrogen and oxygen atoms in total. The number of hydrogen-bond donors (Lipinski definition) is 0. The number of hydrogen-bond acceptors (Lipinski definition) is 3. The lowest BCUT2D eigenvalue weighted by atomic mass is 9.86. The summed E-state index contributed by atoms with van der Waals surface area (Å²) in [4.78, 5) is 28.8. The molecule has 6 rings (SSSR count). The Morgan fingerprint density at radius 3 is 2.29 bits per heavy atom. The summed E-state index contributed by atoms with van der Waals surface area (Å²) in [7, 11) is 0. The molecule has 0 aliphatic heterocycles. The van der Waals surface area contributed by atoms with Crippen molar-refractivity contribution in [1.29, 1.82) is 0 Å². The summed E-state index contributed by atoms with van der Waals surface area (Å²) >= 11 is 0. The van der Waals surface area contributed by atoms with Crippen molar-refractivity contribution in [2.45, 2.75) is 64.0 Å². The van der Waals surface area contributed by atoms with E-state index in [-0.39, 0.29) is 36.2 Å². The zero-order valence-corrected chi connectivity index (χ0v) is 23.6. The molecule has 1 aromatic heterocycles. The van der Waals surface area contributed by atoms with Gasteiger partial charge in [-0.2, -0.15) is 0 Å². The number of aromatic nitrogens is 1. The van der Waals surface area contributed by atoms with Crippen LogP contribution in [0.2, 0.25) is 0 Å². The molecule has 1 saturated carbocycles. The first-order valence-corrected chi connectivity index (χ1v) is 14.9. The lowest BCUT2D eigenvalue weighted by Gasteiger charge is -2.36. The highest BCUT2D eigenvalue weighted by atomic mass is 19.1. The number of ether oxygens (including phenoxy) is 1. The van der Waals surface area contributed by atoms with Crippen molar-refractivity contribution < 1.29 is 18.7 Å². The lowest BCUT2D eigenvalue weighted by Crippen LogP contribution is -2.45. The van der Waals surface area contributed by atoms with E-state index in [0.717, 1.165) is 65.5 Å². The van der Waals surface area contributed by atoms with Crippen molar-refractivity contribution in [1.82, 2.24) is 9.47 Å². The van der Waals surface area contributed by atoms with Crippen LogP contribution in [0, 0.1) is 11.7 Å². The van der Waals surface area contributed by atoms with Crippen LogP contribution in [0.1, 0.15) is 60.9 Å². The molecule has 212 valence electrons. The normalized spacial score (nSPS) is 16.5. The van der Waals surface area contributed by atoms with E-state index in [1.54, 1.807) is 19.1 Å². The number of halogens is 1. The minimum atomic E-state index is -0.296. The summed E-state index contributed by atoms with van der Waals surface area (Å²) in [5.74, 6) is 0.109. The number of nitrogens with zero attached hydrogens (tertiary/aromatic N) is 2. The lowest BCUT2D eigenvalue weighted by molar-refractivity contribution is -0.143. The van der Waals surface area contributed by atoms with Crippen LogP contribution < -0.4 is 0 Å². The Bertz CT molecular complexity index is 1490. The number of amides is 1. The Labute approximate surface area is 240 Å². The van der Waals surface area contributed by atoms with Gasteiger partial charge in [-0.15, -0.1) is 0 Å². The van der Waals surface area contributed by atoms with Gasteiger partial charge in [0.15, 0.2) is 0 Å². The summed E-state index contributed by atoms with van der Waals surface area (Å²) in [6.45, 7) is 3.00. The van der Waals surface area contributed by atoms with E-state index >= 15 is 0 Å². The SMILES string of the molecule is CCOC(=O)Cn1c2c(c3cc(F)ccc31)C[C@@H](N(CC1CC1)C(=O)CC(c1ccccc1)c1ccccc1)CC2. The standard InChI is InChI=1S/C35H37FN2O3/c1-2-41-35(40)23-38-32-17-15-27(36)19-30(32)31-20-28(16-18-33(31)38)37(22-24-13-14-24)34(39)21-29(25-9-5-3-6-10-25)26-11-7-4-8-12-26/h3-12,15,17,19,24,28-29H,2,13-14,16,18,20-23H2,1H3/t28-/m0/s1. The van der Waals surface area contributed by atoms with Crippen LogP contribution in [-0.2, 0) is 33.7 Å². The van der Waals surface area contributed by atoms with Crippen molar-refractivity contribution in [2.75, 3.05) is 13.2 Å². The Morgan fingerprint density at radius 1 is 0.976 bits per heavy atom. The van der Waals surface area contributed by atoms with Crippen LogP contribution in [0.25, 0.3) is 10.9 Å². The van der Waals surface area contributed by atoms with Gasteiger partial charge >= 0.3 is 5.97 Å². The predicted octanol–water partition coefficient (Wildman–Crippen LogP) is 6.66. The average Bonchev–Trinajstić information content (AvgIpc) is 3.78. The molecule has 0 N–H and O–H groups in total. The number of rotatable bonds is 10. The molecule has 6 heteroatoms. The van der Waals surface area contributed by atoms with E-state index in [0.29, 0.717) is 25.4 Å². The Hall–Kier alpha value is -3.93. The number of benzene rings is 3. The Kier molecular flexibility index (Phi) is 7.91.